The summed E-state index contributed by atoms with van der Waals surface area (Å²) in [5.41, 5.74) is 2.80. The van der Waals surface area contributed by atoms with E-state index in [2.05, 4.69) is 15.6 Å². The van der Waals surface area contributed by atoms with Crippen LogP contribution in [0.5, 0.6) is 11.5 Å². The van der Waals surface area contributed by atoms with Gasteiger partial charge in [-0.2, -0.15) is 0 Å². The largest absolute Gasteiger partial charge is 0.497 e. The van der Waals surface area contributed by atoms with Crippen molar-refractivity contribution in [2.75, 3.05) is 24.9 Å². The lowest BCUT2D eigenvalue weighted by Crippen LogP contribution is -2.19. The molecule has 0 saturated heterocycles. The van der Waals surface area contributed by atoms with Crippen LogP contribution >= 0.6 is 23.1 Å². The highest BCUT2D eigenvalue weighted by Crippen LogP contribution is 2.38. The van der Waals surface area contributed by atoms with Crippen LogP contribution in [0.15, 0.2) is 102 Å². The SMILES string of the molecule is COc1ccc(C(=O)Nc2cccc(SC(C(=O)Nc3nc4ccc(OC)cc4s3)c3ccccc3)c2)cc1. The number of thioether (sulfide) groups is 1. The molecule has 0 aliphatic carbocycles. The Morgan fingerprint density at radius 2 is 1.56 bits per heavy atom. The van der Waals surface area contributed by atoms with Gasteiger partial charge in [0.1, 0.15) is 16.7 Å². The van der Waals surface area contributed by atoms with Gasteiger partial charge in [-0.25, -0.2) is 4.98 Å². The van der Waals surface area contributed by atoms with Gasteiger partial charge in [0, 0.05) is 16.1 Å². The summed E-state index contributed by atoms with van der Waals surface area (Å²) in [7, 11) is 3.20. The van der Waals surface area contributed by atoms with E-state index in [0.29, 0.717) is 22.1 Å². The summed E-state index contributed by atoms with van der Waals surface area (Å²) >= 11 is 2.80. The maximum atomic E-state index is 13.5. The molecule has 2 N–H and O–H groups in total. The quantitative estimate of drug-likeness (QED) is 0.190. The number of hydrogen-bond acceptors (Lipinski definition) is 7. The molecule has 1 unspecified atom stereocenters. The fourth-order valence-electron chi connectivity index (χ4n) is 3.89. The Morgan fingerprint density at radius 3 is 2.31 bits per heavy atom. The van der Waals surface area contributed by atoms with E-state index in [-0.39, 0.29) is 11.8 Å². The van der Waals surface area contributed by atoms with E-state index >= 15 is 0 Å². The first kappa shape index (κ1) is 26.3. The maximum absolute atomic E-state index is 13.5. The Balaban J connectivity index is 1.34. The van der Waals surface area contributed by atoms with Crippen LogP contribution in [0, 0.1) is 0 Å². The zero-order valence-corrected chi connectivity index (χ0v) is 22.8. The second-order valence-electron chi connectivity index (χ2n) is 8.46. The third-order valence-corrected chi connectivity index (χ3v) is 8.05. The number of carbonyl (C=O) groups excluding carboxylic acids is 2. The van der Waals surface area contributed by atoms with Crippen LogP contribution in [-0.2, 0) is 4.79 Å². The van der Waals surface area contributed by atoms with Gasteiger partial charge >= 0.3 is 0 Å². The predicted molar refractivity (Wildman–Crippen MR) is 157 cm³/mol. The number of rotatable bonds is 9. The third kappa shape index (κ3) is 6.39. The standard InChI is InChI=1S/C30H25N3O4S2/c1-36-22-13-11-20(12-14-22)28(34)31-21-9-6-10-24(17-21)38-27(19-7-4-3-5-8-19)29(35)33-30-32-25-16-15-23(37-2)18-26(25)39-30/h3-18,27H,1-2H3,(H,31,34)(H,32,33,35). The molecule has 1 heterocycles. The van der Waals surface area contributed by atoms with Crippen molar-refractivity contribution < 1.29 is 19.1 Å². The average Bonchev–Trinajstić information content (AvgIpc) is 3.37. The minimum Gasteiger partial charge on any atom is -0.497 e. The van der Waals surface area contributed by atoms with E-state index in [1.807, 2.05) is 72.8 Å². The number of nitrogens with zero attached hydrogens (tertiary/aromatic N) is 1. The van der Waals surface area contributed by atoms with Crippen molar-refractivity contribution in [3.8, 4) is 11.5 Å². The fourth-order valence-corrected chi connectivity index (χ4v) is 5.87. The Kier molecular flexibility index (Phi) is 8.10. The Hall–Kier alpha value is -4.34. The fraction of sp³-hybridized carbons (Fsp3) is 0.100. The number of benzene rings is 4. The second kappa shape index (κ2) is 12.0. The molecule has 2 amide bonds. The lowest BCUT2D eigenvalue weighted by atomic mass is 10.1. The minimum absolute atomic E-state index is 0.190. The molecule has 1 atom stereocenters. The number of amides is 2. The molecular weight excluding hydrogens is 530 g/mol. The van der Waals surface area contributed by atoms with Crippen molar-refractivity contribution in [3.63, 3.8) is 0 Å². The van der Waals surface area contributed by atoms with Gasteiger partial charge in [0.25, 0.3) is 5.91 Å². The molecule has 4 aromatic carbocycles. The molecule has 0 radical (unpaired) electrons. The number of hydrogen-bond donors (Lipinski definition) is 2. The molecule has 9 heteroatoms. The molecule has 0 aliphatic rings. The highest BCUT2D eigenvalue weighted by atomic mass is 32.2. The summed E-state index contributed by atoms with van der Waals surface area (Å²) in [5, 5.41) is 5.90. The Bertz CT molecular complexity index is 1600. The van der Waals surface area contributed by atoms with Crippen molar-refractivity contribution in [2.45, 2.75) is 10.1 Å². The van der Waals surface area contributed by atoms with Crippen molar-refractivity contribution >= 4 is 55.9 Å². The molecule has 39 heavy (non-hydrogen) atoms. The van der Waals surface area contributed by atoms with E-state index in [0.717, 1.165) is 26.4 Å². The van der Waals surface area contributed by atoms with Crippen LogP contribution in [0.2, 0.25) is 0 Å². The first-order valence-corrected chi connectivity index (χ1v) is 13.7. The Morgan fingerprint density at radius 1 is 0.821 bits per heavy atom. The zero-order chi connectivity index (χ0) is 27.2. The lowest BCUT2D eigenvalue weighted by Gasteiger charge is -2.17. The lowest BCUT2D eigenvalue weighted by molar-refractivity contribution is -0.115. The molecular formula is C30H25N3O4S2. The van der Waals surface area contributed by atoms with Gasteiger partial charge < -0.3 is 20.1 Å². The van der Waals surface area contributed by atoms with E-state index in [1.54, 1.807) is 38.5 Å². The second-order valence-corrected chi connectivity index (χ2v) is 10.7. The number of carbonyl (C=O) groups is 2. The number of thiazole rings is 1. The number of anilines is 2. The summed E-state index contributed by atoms with van der Waals surface area (Å²) in [4.78, 5) is 31.7. The molecule has 0 bridgehead atoms. The third-order valence-electron chi connectivity index (χ3n) is 5.86. The van der Waals surface area contributed by atoms with E-state index < -0.39 is 5.25 Å². The van der Waals surface area contributed by atoms with Gasteiger partial charge in [0.15, 0.2) is 5.13 Å². The summed E-state index contributed by atoms with van der Waals surface area (Å²) in [6.07, 6.45) is 0. The highest BCUT2D eigenvalue weighted by molar-refractivity contribution is 8.00. The molecule has 5 rings (SSSR count). The van der Waals surface area contributed by atoms with Crippen molar-refractivity contribution in [1.29, 1.82) is 0 Å². The maximum Gasteiger partial charge on any atom is 0.255 e. The number of fused-ring (bicyclic) bond motifs is 1. The summed E-state index contributed by atoms with van der Waals surface area (Å²) in [6, 6.07) is 29.6. The van der Waals surface area contributed by atoms with Gasteiger partial charge in [-0.3, -0.25) is 9.59 Å². The van der Waals surface area contributed by atoms with Gasteiger partial charge in [0.2, 0.25) is 5.91 Å². The molecule has 1 aromatic heterocycles. The van der Waals surface area contributed by atoms with Crippen molar-refractivity contribution in [1.82, 2.24) is 4.98 Å². The number of nitrogens with one attached hydrogen (secondary N) is 2. The summed E-state index contributed by atoms with van der Waals surface area (Å²) in [5.74, 6) is 0.996. The topological polar surface area (TPSA) is 89.5 Å². The summed E-state index contributed by atoms with van der Waals surface area (Å²) < 4.78 is 11.4. The van der Waals surface area contributed by atoms with Crippen LogP contribution in [0.3, 0.4) is 0 Å². The average molecular weight is 556 g/mol. The first-order chi connectivity index (χ1) is 19.0. The van der Waals surface area contributed by atoms with E-state index in [9.17, 15) is 9.59 Å². The smallest absolute Gasteiger partial charge is 0.255 e. The first-order valence-electron chi connectivity index (χ1n) is 12.0. The number of methoxy groups -OCH3 is 2. The molecule has 0 aliphatic heterocycles. The van der Waals surface area contributed by atoms with Gasteiger partial charge in [-0.15, -0.1) is 11.8 Å². The highest BCUT2D eigenvalue weighted by Gasteiger charge is 2.23. The molecule has 0 spiro atoms. The number of aromatic nitrogens is 1. The van der Waals surface area contributed by atoms with Gasteiger partial charge in [0.05, 0.1) is 24.4 Å². The normalized spacial score (nSPS) is 11.5. The van der Waals surface area contributed by atoms with Crippen LogP contribution in [0.25, 0.3) is 10.2 Å². The zero-order valence-electron chi connectivity index (χ0n) is 21.2. The van der Waals surface area contributed by atoms with E-state index in [4.69, 9.17) is 9.47 Å². The van der Waals surface area contributed by atoms with Crippen LogP contribution in [-0.4, -0.2) is 31.0 Å². The molecule has 0 fully saturated rings. The van der Waals surface area contributed by atoms with Gasteiger partial charge in [-0.05, 0) is 66.2 Å². The number of ether oxygens (including phenoxy) is 2. The van der Waals surface area contributed by atoms with Crippen molar-refractivity contribution in [3.05, 3.63) is 108 Å². The Labute approximate surface area is 234 Å². The van der Waals surface area contributed by atoms with Crippen LogP contribution in [0.4, 0.5) is 10.8 Å². The van der Waals surface area contributed by atoms with E-state index in [1.165, 1.54) is 23.1 Å². The van der Waals surface area contributed by atoms with Gasteiger partial charge in [-0.1, -0.05) is 47.7 Å². The molecule has 7 nitrogen and oxygen atoms in total. The molecule has 5 aromatic rings. The predicted octanol–water partition coefficient (Wildman–Crippen LogP) is 7.04. The minimum atomic E-state index is -0.541. The van der Waals surface area contributed by atoms with Crippen molar-refractivity contribution in [2.24, 2.45) is 0 Å². The molecule has 0 saturated carbocycles. The summed E-state index contributed by atoms with van der Waals surface area (Å²) in [6.45, 7) is 0. The monoisotopic (exact) mass is 555 g/mol. The molecule has 196 valence electrons. The van der Waals surface area contributed by atoms with Crippen LogP contribution in [0.1, 0.15) is 21.2 Å². The van der Waals surface area contributed by atoms with Crippen LogP contribution < -0.4 is 20.1 Å².